The molecule has 2 aliphatic rings. The van der Waals surface area contributed by atoms with E-state index in [1.807, 2.05) is 36.4 Å². The number of hydrogen-bond acceptors (Lipinski definition) is 4. The van der Waals surface area contributed by atoms with Gasteiger partial charge in [-0.25, -0.2) is 4.39 Å². The standard InChI is InChI=1S/C26H30ClFO4/c1-17-9-23(14-31-18(2)29)32-25(10-17)21-7-8-24(27)22(12-21)11-19-3-5-20(6-4-19)13-26(28)15-30-16-26/h3-8,12,17,23,25H,9-11,13-16H2,1-2H3. The minimum absolute atomic E-state index is 0.0526. The first-order chi connectivity index (χ1) is 15.3. The molecular formula is C26H30ClFO4. The zero-order valence-corrected chi connectivity index (χ0v) is 19.4. The Balaban J connectivity index is 1.43. The summed E-state index contributed by atoms with van der Waals surface area (Å²) in [6.45, 7) is 4.27. The van der Waals surface area contributed by atoms with Crippen LogP contribution in [0, 0.1) is 5.92 Å². The van der Waals surface area contributed by atoms with Gasteiger partial charge in [0, 0.05) is 18.4 Å². The first-order valence-electron chi connectivity index (χ1n) is 11.2. The van der Waals surface area contributed by atoms with Crippen molar-refractivity contribution in [1.82, 2.24) is 0 Å². The van der Waals surface area contributed by atoms with Gasteiger partial charge in [-0.2, -0.15) is 0 Å². The van der Waals surface area contributed by atoms with E-state index in [1.165, 1.54) is 6.92 Å². The van der Waals surface area contributed by atoms with Crippen molar-refractivity contribution in [2.24, 2.45) is 5.92 Å². The van der Waals surface area contributed by atoms with Crippen molar-refractivity contribution in [1.29, 1.82) is 0 Å². The van der Waals surface area contributed by atoms with Crippen LogP contribution in [0.5, 0.6) is 0 Å². The summed E-state index contributed by atoms with van der Waals surface area (Å²) >= 11 is 6.51. The second kappa shape index (κ2) is 9.90. The number of halogens is 2. The quantitative estimate of drug-likeness (QED) is 0.502. The third kappa shape index (κ3) is 5.89. The molecule has 0 saturated carbocycles. The van der Waals surface area contributed by atoms with Crippen LogP contribution in [0.4, 0.5) is 4.39 Å². The molecule has 2 saturated heterocycles. The fraction of sp³-hybridized carbons (Fsp3) is 0.500. The predicted octanol–water partition coefficient (Wildman–Crippen LogP) is 5.63. The molecule has 32 heavy (non-hydrogen) atoms. The van der Waals surface area contributed by atoms with Crippen LogP contribution in [0.1, 0.15) is 55.0 Å². The van der Waals surface area contributed by atoms with E-state index < -0.39 is 5.67 Å². The maximum Gasteiger partial charge on any atom is 0.302 e. The van der Waals surface area contributed by atoms with Gasteiger partial charge in [0.15, 0.2) is 5.67 Å². The number of benzene rings is 2. The molecule has 2 aliphatic heterocycles. The zero-order valence-electron chi connectivity index (χ0n) is 18.6. The molecule has 4 nitrogen and oxygen atoms in total. The first-order valence-corrected chi connectivity index (χ1v) is 11.6. The molecule has 172 valence electrons. The van der Waals surface area contributed by atoms with Gasteiger partial charge in [0.05, 0.1) is 25.4 Å². The maximum atomic E-state index is 14.3. The van der Waals surface area contributed by atoms with Gasteiger partial charge in [-0.3, -0.25) is 4.79 Å². The van der Waals surface area contributed by atoms with Crippen molar-refractivity contribution in [3.8, 4) is 0 Å². The summed E-state index contributed by atoms with van der Waals surface area (Å²) in [7, 11) is 0. The number of alkyl halides is 1. The number of rotatable bonds is 7. The topological polar surface area (TPSA) is 44.8 Å². The first kappa shape index (κ1) is 23.2. The van der Waals surface area contributed by atoms with E-state index in [0.717, 1.165) is 35.1 Å². The van der Waals surface area contributed by atoms with E-state index in [1.54, 1.807) is 0 Å². The molecule has 2 aromatic rings. The van der Waals surface area contributed by atoms with E-state index in [4.69, 9.17) is 25.8 Å². The molecule has 2 fully saturated rings. The van der Waals surface area contributed by atoms with E-state index in [2.05, 4.69) is 13.0 Å². The number of ether oxygens (including phenoxy) is 3. The lowest BCUT2D eigenvalue weighted by atomic mass is 9.89. The summed E-state index contributed by atoms with van der Waals surface area (Å²) in [6.07, 6.45) is 2.72. The van der Waals surface area contributed by atoms with E-state index in [9.17, 15) is 9.18 Å². The largest absolute Gasteiger partial charge is 0.463 e. The SMILES string of the molecule is CC(=O)OCC1CC(C)CC(c2ccc(Cl)c(Cc3ccc(CC4(F)COC4)cc3)c2)O1. The molecule has 0 aliphatic carbocycles. The molecule has 0 spiro atoms. The average molecular weight is 461 g/mol. The van der Waals surface area contributed by atoms with Gasteiger partial charge < -0.3 is 14.2 Å². The Morgan fingerprint density at radius 1 is 1.16 bits per heavy atom. The van der Waals surface area contributed by atoms with Gasteiger partial charge in [-0.15, -0.1) is 0 Å². The summed E-state index contributed by atoms with van der Waals surface area (Å²) in [5.41, 5.74) is 3.00. The summed E-state index contributed by atoms with van der Waals surface area (Å²) in [5, 5.41) is 0.715. The van der Waals surface area contributed by atoms with Crippen LogP contribution in [-0.4, -0.2) is 37.6 Å². The highest BCUT2D eigenvalue weighted by atomic mass is 35.5. The van der Waals surface area contributed by atoms with Crippen LogP contribution in [0.25, 0.3) is 0 Å². The van der Waals surface area contributed by atoms with Gasteiger partial charge in [0.1, 0.15) is 6.61 Å². The monoisotopic (exact) mass is 460 g/mol. The summed E-state index contributed by atoms with van der Waals surface area (Å²) in [6, 6.07) is 14.1. The number of esters is 1. The van der Waals surface area contributed by atoms with Crippen molar-refractivity contribution in [2.45, 2.75) is 57.4 Å². The van der Waals surface area contributed by atoms with Crippen LogP contribution in [-0.2, 0) is 31.8 Å². The second-order valence-electron chi connectivity index (χ2n) is 9.29. The predicted molar refractivity (Wildman–Crippen MR) is 122 cm³/mol. The average Bonchev–Trinajstić information content (AvgIpc) is 2.73. The third-order valence-corrected chi connectivity index (χ3v) is 6.58. The van der Waals surface area contributed by atoms with Crippen LogP contribution >= 0.6 is 11.6 Å². The van der Waals surface area contributed by atoms with E-state index in [0.29, 0.717) is 23.8 Å². The van der Waals surface area contributed by atoms with Crippen LogP contribution in [0.15, 0.2) is 42.5 Å². The van der Waals surface area contributed by atoms with E-state index >= 15 is 0 Å². The Morgan fingerprint density at radius 2 is 1.88 bits per heavy atom. The Labute approximate surface area is 194 Å². The van der Waals surface area contributed by atoms with Crippen molar-refractivity contribution in [3.63, 3.8) is 0 Å². The molecule has 2 aromatic carbocycles. The van der Waals surface area contributed by atoms with Crippen LogP contribution < -0.4 is 0 Å². The molecule has 3 atom stereocenters. The molecule has 0 N–H and O–H groups in total. The third-order valence-electron chi connectivity index (χ3n) is 6.21. The Hall–Kier alpha value is -1.95. The Kier molecular flexibility index (Phi) is 7.18. The summed E-state index contributed by atoms with van der Waals surface area (Å²) < 4.78 is 30.7. The zero-order chi connectivity index (χ0) is 22.7. The highest BCUT2D eigenvalue weighted by Crippen LogP contribution is 2.36. The van der Waals surface area contributed by atoms with E-state index in [-0.39, 0.29) is 38.0 Å². The fourth-order valence-electron chi connectivity index (χ4n) is 4.50. The van der Waals surface area contributed by atoms with Crippen LogP contribution in [0.3, 0.4) is 0 Å². The summed E-state index contributed by atoms with van der Waals surface area (Å²) in [4.78, 5) is 11.2. The van der Waals surface area contributed by atoms with Crippen LogP contribution in [0.2, 0.25) is 5.02 Å². The van der Waals surface area contributed by atoms with Gasteiger partial charge in [-0.05, 0) is 53.5 Å². The van der Waals surface area contributed by atoms with Crippen molar-refractivity contribution >= 4 is 17.6 Å². The Bertz CT molecular complexity index is 941. The molecular weight excluding hydrogens is 431 g/mol. The molecule has 2 heterocycles. The summed E-state index contributed by atoms with van der Waals surface area (Å²) in [5.74, 6) is 0.187. The smallest absolute Gasteiger partial charge is 0.302 e. The number of carbonyl (C=O) groups excluding carboxylic acids is 1. The number of carbonyl (C=O) groups is 1. The molecule has 0 radical (unpaired) electrons. The lowest BCUT2D eigenvalue weighted by molar-refractivity contribution is -0.151. The number of hydrogen-bond donors (Lipinski definition) is 0. The van der Waals surface area contributed by atoms with Gasteiger partial charge in [-0.1, -0.05) is 54.9 Å². The van der Waals surface area contributed by atoms with Crippen molar-refractivity contribution in [3.05, 3.63) is 69.7 Å². The molecule has 0 amide bonds. The van der Waals surface area contributed by atoms with Gasteiger partial charge in [0.2, 0.25) is 0 Å². The fourth-order valence-corrected chi connectivity index (χ4v) is 4.69. The molecule has 4 rings (SSSR count). The highest BCUT2D eigenvalue weighted by Gasteiger charge is 2.38. The highest BCUT2D eigenvalue weighted by molar-refractivity contribution is 6.31. The lowest BCUT2D eigenvalue weighted by Gasteiger charge is -2.34. The molecule has 0 aromatic heterocycles. The van der Waals surface area contributed by atoms with Crippen molar-refractivity contribution < 1.29 is 23.4 Å². The Morgan fingerprint density at radius 3 is 2.53 bits per heavy atom. The minimum atomic E-state index is -1.22. The van der Waals surface area contributed by atoms with Crippen molar-refractivity contribution in [2.75, 3.05) is 19.8 Å². The minimum Gasteiger partial charge on any atom is -0.463 e. The normalized spacial score (nSPS) is 24.6. The van der Waals surface area contributed by atoms with Gasteiger partial charge in [0.25, 0.3) is 0 Å². The second-order valence-corrected chi connectivity index (χ2v) is 9.70. The molecule has 6 heteroatoms. The van der Waals surface area contributed by atoms with Gasteiger partial charge >= 0.3 is 5.97 Å². The molecule has 0 bridgehead atoms. The lowest BCUT2D eigenvalue weighted by Crippen LogP contribution is -2.47. The maximum absolute atomic E-state index is 14.3. The molecule has 3 unspecified atom stereocenters.